The van der Waals surface area contributed by atoms with Crippen LogP contribution in [0.1, 0.15) is 68.1 Å². The van der Waals surface area contributed by atoms with E-state index in [-0.39, 0.29) is 29.7 Å². The zero-order chi connectivity index (χ0) is 17.8. The van der Waals surface area contributed by atoms with Crippen LogP contribution in [0.3, 0.4) is 0 Å². The second-order valence-corrected chi connectivity index (χ2v) is 7.80. The molecule has 0 saturated carbocycles. The van der Waals surface area contributed by atoms with Gasteiger partial charge in [-0.25, -0.2) is 0 Å². The van der Waals surface area contributed by atoms with Crippen LogP contribution in [-0.4, -0.2) is 29.3 Å². The van der Waals surface area contributed by atoms with Gasteiger partial charge in [0, 0.05) is 24.0 Å². The SMILES string of the molecule is CC(C)c1noc(C(NC(=O)C(C)c2cccs2)C2CCOCC2)n1. The molecule has 136 valence electrons. The first-order valence-electron chi connectivity index (χ1n) is 8.81. The van der Waals surface area contributed by atoms with Gasteiger partial charge < -0.3 is 14.6 Å². The average molecular weight is 363 g/mol. The van der Waals surface area contributed by atoms with Crippen LogP contribution in [-0.2, 0) is 9.53 Å². The van der Waals surface area contributed by atoms with E-state index < -0.39 is 0 Å². The fraction of sp³-hybridized carbons (Fsp3) is 0.611. The van der Waals surface area contributed by atoms with E-state index in [1.807, 2.05) is 38.3 Å². The first-order valence-corrected chi connectivity index (χ1v) is 9.69. The van der Waals surface area contributed by atoms with Crippen molar-refractivity contribution in [2.45, 2.75) is 51.5 Å². The Hall–Kier alpha value is -1.73. The quantitative estimate of drug-likeness (QED) is 0.848. The number of amides is 1. The maximum Gasteiger partial charge on any atom is 0.249 e. The fourth-order valence-electron chi connectivity index (χ4n) is 2.98. The summed E-state index contributed by atoms with van der Waals surface area (Å²) < 4.78 is 11.0. The molecule has 1 fully saturated rings. The molecule has 6 nitrogen and oxygen atoms in total. The molecule has 2 aromatic rings. The van der Waals surface area contributed by atoms with Crippen LogP contribution >= 0.6 is 11.3 Å². The lowest BCUT2D eigenvalue weighted by Gasteiger charge is -2.29. The Morgan fingerprint density at radius 1 is 1.32 bits per heavy atom. The van der Waals surface area contributed by atoms with Crippen molar-refractivity contribution in [3.05, 3.63) is 34.1 Å². The second kappa shape index (κ2) is 8.10. The molecule has 2 atom stereocenters. The fourth-order valence-corrected chi connectivity index (χ4v) is 3.77. The summed E-state index contributed by atoms with van der Waals surface area (Å²) in [5, 5.41) is 9.21. The number of ether oxygens (including phenoxy) is 1. The molecule has 3 heterocycles. The van der Waals surface area contributed by atoms with E-state index in [9.17, 15) is 4.79 Å². The molecule has 0 radical (unpaired) electrons. The normalized spacial score (nSPS) is 18.2. The number of aromatic nitrogens is 2. The van der Waals surface area contributed by atoms with Gasteiger partial charge >= 0.3 is 0 Å². The minimum absolute atomic E-state index is 0.0109. The van der Waals surface area contributed by atoms with Crippen molar-refractivity contribution in [1.29, 1.82) is 0 Å². The number of hydrogen-bond acceptors (Lipinski definition) is 6. The Morgan fingerprint density at radius 3 is 2.68 bits per heavy atom. The highest BCUT2D eigenvalue weighted by Crippen LogP contribution is 2.31. The molecular formula is C18H25N3O3S. The average Bonchev–Trinajstić information content (AvgIpc) is 3.31. The lowest BCUT2D eigenvalue weighted by molar-refractivity contribution is -0.123. The predicted octanol–water partition coefficient (Wildman–Crippen LogP) is 3.64. The van der Waals surface area contributed by atoms with Gasteiger partial charge in [0.1, 0.15) is 6.04 Å². The van der Waals surface area contributed by atoms with Crippen LogP contribution in [0.4, 0.5) is 0 Å². The Kier molecular flexibility index (Phi) is 5.86. The number of nitrogens with one attached hydrogen (secondary N) is 1. The molecule has 2 aromatic heterocycles. The van der Waals surface area contributed by atoms with Crippen LogP contribution in [0.25, 0.3) is 0 Å². The number of carbonyl (C=O) groups is 1. The van der Waals surface area contributed by atoms with Crippen LogP contribution in [0, 0.1) is 5.92 Å². The van der Waals surface area contributed by atoms with Crippen molar-refractivity contribution >= 4 is 17.2 Å². The molecule has 1 saturated heterocycles. The minimum atomic E-state index is -0.265. The monoisotopic (exact) mass is 363 g/mol. The second-order valence-electron chi connectivity index (χ2n) is 6.82. The molecule has 0 bridgehead atoms. The van der Waals surface area contributed by atoms with Crippen molar-refractivity contribution in [3.63, 3.8) is 0 Å². The van der Waals surface area contributed by atoms with Gasteiger partial charge in [0.05, 0.1) is 5.92 Å². The lowest BCUT2D eigenvalue weighted by Crippen LogP contribution is -2.38. The van der Waals surface area contributed by atoms with Gasteiger partial charge in [-0.1, -0.05) is 25.1 Å². The van der Waals surface area contributed by atoms with Crippen molar-refractivity contribution in [2.75, 3.05) is 13.2 Å². The molecule has 1 aliphatic rings. The molecule has 7 heteroatoms. The summed E-state index contributed by atoms with van der Waals surface area (Å²) >= 11 is 1.59. The standard InChI is InChI=1S/C18H25N3O3S/c1-11(2)16-20-18(24-21-16)15(13-6-8-23-9-7-13)19-17(22)12(3)14-5-4-10-25-14/h4-5,10-13,15H,6-9H2,1-3H3,(H,19,22). The van der Waals surface area contributed by atoms with Gasteiger partial charge in [0.15, 0.2) is 5.82 Å². The van der Waals surface area contributed by atoms with Crippen molar-refractivity contribution in [3.8, 4) is 0 Å². The summed E-state index contributed by atoms with van der Waals surface area (Å²) in [7, 11) is 0. The van der Waals surface area contributed by atoms with Crippen LogP contribution < -0.4 is 5.32 Å². The van der Waals surface area contributed by atoms with Crippen molar-refractivity contribution in [1.82, 2.24) is 15.5 Å². The zero-order valence-electron chi connectivity index (χ0n) is 14.9. The Balaban J connectivity index is 1.79. The largest absolute Gasteiger partial charge is 0.381 e. The maximum atomic E-state index is 12.8. The molecular weight excluding hydrogens is 338 g/mol. The van der Waals surface area contributed by atoms with E-state index in [2.05, 4.69) is 15.5 Å². The summed E-state index contributed by atoms with van der Waals surface area (Å²) in [5.41, 5.74) is 0. The van der Waals surface area contributed by atoms with E-state index in [1.54, 1.807) is 11.3 Å². The van der Waals surface area contributed by atoms with Crippen LogP contribution in [0.15, 0.2) is 22.0 Å². The summed E-state index contributed by atoms with van der Waals surface area (Å²) in [6, 6.07) is 3.69. The molecule has 1 aliphatic heterocycles. The third-order valence-corrected chi connectivity index (χ3v) is 5.69. The van der Waals surface area contributed by atoms with Gasteiger partial charge in [0.25, 0.3) is 0 Å². The molecule has 0 aliphatic carbocycles. The summed E-state index contributed by atoms with van der Waals surface area (Å²) in [6.45, 7) is 7.37. The number of rotatable bonds is 6. The van der Waals surface area contributed by atoms with E-state index >= 15 is 0 Å². The summed E-state index contributed by atoms with van der Waals surface area (Å²) in [4.78, 5) is 18.4. The first kappa shape index (κ1) is 18.1. The molecule has 2 unspecified atom stereocenters. The summed E-state index contributed by atoms with van der Waals surface area (Å²) in [6.07, 6.45) is 1.75. The van der Waals surface area contributed by atoms with E-state index in [0.717, 1.165) is 17.7 Å². The van der Waals surface area contributed by atoms with Crippen molar-refractivity contribution in [2.24, 2.45) is 5.92 Å². The predicted molar refractivity (Wildman–Crippen MR) is 95.5 cm³/mol. The number of carbonyl (C=O) groups excluding carboxylic acids is 1. The van der Waals surface area contributed by atoms with E-state index in [1.165, 1.54) is 0 Å². The smallest absolute Gasteiger partial charge is 0.249 e. The number of thiophene rings is 1. The highest BCUT2D eigenvalue weighted by molar-refractivity contribution is 7.10. The van der Waals surface area contributed by atoms with Gasteiger partial charge in [-0.05, 0) is 37.1 Å². The Bertz CT molecular complexity index is 678. The third-order valence-electron chi connectivity index (χ3n) is 4.64. The van der Waals surface area contributed by atoms with Gasteiger partial charge in [-0.2, -0.15) is 4.98 Å². The molecule has 3 rings (SSSR count). The van der Waals surface area contributed by atoms with Crippen molar-refractivity contribution < 1.29 is 14.1 Å². The zero-order valence-corrected chi connectivity index (χ0v) is 15.7. The van der Waals surface area contributed by atoms with Crippen LogP contribution in [0.2, 0.25) is 0 Å². The number of nitrogens with zero attached hydrogens (tertiary/aromatic N) is 2. The highest BCUT2D eigenvalue weighted by Gasteiger charge is 2.33. The molecule has 1 amide bonds. The number of hydrogen-bond donors (Lipinski definition) is 1. The molecule has 0 aromatic carbocycles. The van der Waals surface area contributed by atoms with Crippen LogP contribution in [0.5, 0.6) is 0 Å². The lowest BCUT2D eigenvalue weighted by atomic mass is 9.91. The Morgan fingerprint density at radius 2 is 2.08 bits per heavy atom. The van der Waals surface area contributed by atoms with Gasteiger partial charge in [0.2, 0.25) is 11.8 Å². The summed E-state index contributed by atoms with van der Waals surface area (Å²) in [5.74, 6) is 1.40. The topological polar surface area (TPSA) is 77.2 Å². The minimum Gasteiger partial charge on any atom is -0.381 e. The van der Waals surface area contributed by atoms with Gasteiger partial charge in [-0.15, -0.1) is 11.3 Å². The van der Waals surface area contributed by atoms with E-state index in [0.29, 0.717) is 24.9 Å². The first-order chi connectivity index (χ1) is 12.1. The maximum absolute atomic E-state index is 12.8. The molecule has 25 heavy (non-hydrogen) atoms. The molecule has 1 N–H and O–H groups in total. The highest BCUT2D eigenvalue weighted by atomic mass is 32.1. The van der Waals surface area contributed by atoms with E-state index in [4.69, 9.17) is 9.26 Å². The Labute approximate surface area is 152 Å². The third kappa shape index (κ3) is 4.27. The molecule has 0 spiro atoms. The van der Waals surface area contributed by atoms with Gasteiger partial charge in [-0.3, -0.25) is 4.79 Å².